The molecule has 21 heavy (non-hydrogen) atoms. The van der Waals surface area contributed by atoms with Crippen LogP contribution in [0.15, 0.2) is 30.3 Å². The van der Waals surface area contributed by atoms with Crippen molar-refractivity contribution >= 4 is 15.7 Å². The Morgan fingerprint density at radius 3 is 2.62 bits per heavy atom. The van der Waals surface area contributed by atoms with Gasteiger partial charge in [-0.1, -0.05) is 31.2 Å². The zero-order chi connectivity index (χ0) is 15.0. The van der Waals surface area contributed by atoms with Crippen LogP contribution in [0.1, 0.15) is 24.9 Å². The van der Waals surface area contributed by atoms with E-state index < -0.39 is 9.84 Å². The molecule has 0 saturated carbocycles. The molecule has 1 aliphatic rings. The number of hydrogen-bond donors (Lipinski definition) is 1. The number of rotatable bonds is 3. The lowest BCUT2D eigenvalue weighted by Crippen LogP contribution is -2.14. The van der Waals surface area contributed by atoms with E-state index in [4.69, 9.17) is 5.73 Å². The topological polar surface area (TPSA) is 78.0 Å². The Labute approximate surface area is 124 Å². The molecule has 2 N–H and O–H groups in total. The van der Waals surface area contributed by atoms with Crippen LogP contribution in [0, 0.1) is 0 Å². The van der Waals surface area contributed by atoms with Crippen molar-refractivity contribution in [3.63, 3.8) is 0 Å². The highest BCUT2D eigenvalue weighted by Gasteiger charge is 2.30. The first-order chi connectivity index (χ1) is 9.98. The molecule has 1 atom stereocenters. The van der Waals surface area contributed by atoms with Gasteiger partial charge in [-0.05, 0) is 18.4 Å². The number of anilines is 1. The maximum absolute atomic E-state index is 11.6. The lowest BCUT2D eigenvalue weighted by molar-refractivity contribution is 0.508. The van der Waals surface area contributed by atoms with Crippen LogP contribution in [0.25, 0.3) is 11.3 Å². The van der Waals surface area contributed by atoms with Gasteiger partial charge in [-0.3, -0.25) is 0 Å². The minimum Gasteiger partial charge on any atom is -0.384 e. The first-order valence-electron chi connectivity index (χ1n) is 7.13. The van der Waals surface area contributed by atoms with Crippen molar-refractivity contribution in [3.8, 4) is 11.3 Å². The van der Waals surface area contributed by atoms with Crippen molar-refractivity contribution in [2.45, 2.75) is 25.8 Å². The molecule has 1 aromatic carbocycles. The second-order valence-corrected chi connectivity index (χ2v) is 7.74. The van der Waals surface area contributed by atoms with Crippen LogP contribution in [-0.4, -0.2) is 29.7 Å². The Hall–Kier alpha value is -1.82. The smallest absolute Gasteiger partial charge is 0.152 e. The summed E-state index contributed by atoms with van der Waals surface area (Å²) in [5.74, 6) is 0.872. The summed E-state index contributed by atoms with van der Waals surface area (Å²) in [7, 11) is -2.94. The first kappa shape index (κ1) is 14.1. The van der Waals surface area contributed by atoms with Gasteiger partial charge in [0.05, 0.1) is 23.2 Å². The zero-order valence-corrected chi connectivity index (χ0v) is 12.8. The van der Waals surface area contributed by atoms with Crippen molar-refractivity contribution in [3.05, 3.63) is 35.9 Å². The Bertz CT molecular complexity index is 748. The van der Waals surface area contributed by atoms with Crippen LogP contribution in [0.5, 0.6) is 0 Å². The number of nitrogens with two attached hydrogens (primary N) is 1. The van der Waals surface area contributed by atoms with Crippen molar-refractivity contribution in [1.82, 2.24) is 9.78 Å². The van der Waals surface area contributed by atoms with Gasteiger partial charge in [-0.15, -0.1) is 0 Å². The predicted molar refractivity (Wildman–Crippen MR) is 83.8 cm³/mol. The summed E-state index contributed by atoms with van der Waals surface area (Å²) in [4.78, 5) is 0. The number of benzene rings is 1. The number of nitrogens with zero attached hydrogens (tertiary/aromatic N) is 2. The Morgan fingerprint density at radius 1 is 1.33 bits per heavy atom. The molecule has 5 nitrogen and oxygen atoms in total. The summed E-state index contributed by atoms with van der Waals surface area (Å²) >= 11 is 0. The highest BCUT2D eigenvalue weighted by molar-refractivity contribution is 7.91. The molecule has 3 rings (SSSR count). The van der Waals surface area contributed by atoms with E-state index >= 15 is 0 Å². The Kier molecular flexibility index (Phi) is 3.49. The quantitative estimate of drug-likeness (QED) is 0.941. The molecule has 1 fully saturated rings. The molecule has 112 valence electrons. The van der Waals surface area contributed by atoms with E-state index in [1.165, 1.54) is 5.56 Å². The standard InChI is InChI=1S/C15H19N3O2S/c1-2-11-3-5-12(6-4-11)14-9-15(16)18(17-14)13-7-8-21(19,20)10-13/h3-6,9,13H,2,7-8,10,16H2,1H3. The highest BCUT2D eigenvalue weighted by atomic mass is 32.2. The average Bonchev–Trinajstić information content (AvgIpc) is 3.01. The third-order valence-electron chi connectivity index (χ3n) is 3.98. The molecular formula is C15H19N3O2S. The number of aryl methyl sites for hydroxylation is 1. The minimum absolute atomic E-state index is 0.132. The van der Waals surface area contributed by atoms with E-state index in [-0.39, 0.29) is 17.5 Å². The SMILES string of the molecule is CCc1ccc(-c2cc(N)n(C3CCS(=O)(=O)C3)n2)cc1. The van der Waals surface area contributed by atoms with Crippen molar-refractivity contribution in [2.75, 3.05) is 17.2 Å². The highest BCUT2D eigenvalue weighted by Crippen LogP contribution is 2.28. The van der Waals surface area contributed by atoms with Crippen LogP contribution < -0.4 is 5.73 Å². The number of sulfone groups is 1. The van der Waals surface area contributed by atoms with E-state index in [0.717, 1.165) is 17.7 Å². The number of aromatic nitrogens is 2. The van der Waals surface area contributed by atoms with Gasteiger partial charge in [0.15, 0.2) is 9.84 Å². The van der Waals surface area contributed by atoms with Crippen molar-refractivity contribution in [2.24, 2.45) is 0 Å². The molecule has 1 aromatic heterocycles. The van der Waals surface area contributed by atoms with Gasteiger partial charge in [0, 0.05) is 11.6 Å². The largest absolute Gasteiger partial charge is 0.384 e. The molecule has 0 amide bonds. The third kappa shape index (κ3) is 2.81. The van der Waals surface area contributed by atoms with Crippen LogP contribution in [0.3, 0.4) is 0 Å². The molecule has 0 radical (unpaired) electrons. The molecule has 0 aliphatic carbocycles. The monoisotopic (exact) mass is 305 g/mol. The van der Waals surface area contributed by atoms with Crippen LogP contribution in [-0.2, 0) is 16.3 Å². The fourth-order valence-corrected chi connectivity index (χ4v) is 4.41. The van der Waals surface area contributed by atoms with E-state index in [9.17, 15) is 8.42 Å². The van der Waals surface area contributed by atoms with E-state index in [1.807, 2.05) is 18.2 Å². The summed E-state index contributed by atoms with van der Waals surface area (Å²) in [6.45, 7) is 2.11. The van der Waals surface area contributed by atoms with E-state index in [2.05, 4.69) is 24.2 Å². The molecular weight excluding hydrogens is 286 g/mol. The van der Waals surface area contributed by atoms with Gasteiger partial charge in [0.1, 0.15) is 5.82 Å². The molecule has 0 spiro atoms. The molecule has 2 aromatic rings. The van der Waals surface area contributed by atoms with Gasteiger partial charge in [0.25, 0.3) is 0 Å². The first-order valence-corrected chi connectivity index (χ1v) is 8.95. The normalized spacial score (nSPS) is 20.7. The van der Waals surface area contributed by atoms with E-state index in [0.29, 0.717) is 12.2 Å². The summed E-state index contributed by atoms with van der Waals surface area (Å²) in [5.41, 5.74) is 9.07. The molecule has 1 saturated heterocycles. The van der Waals surface area contributed by atoms with Crippen LogP contribution in [0.2, 0.25) is 0 Å². The molecule has 6 heteroatoms. The van der Waals surface area contributed by atoms with Crippen molar-refractivity contribution in [1.29, 1.82) is 0 Å². The van der Waals surface area contributed by atoms with Crippen LogP contribution in [0.4, 0.5) is 5.82 Å². The summed E-state index contributed by atoms with van der Waals surface area (Å²) in [6.07, 6.45) is 1.58. The second-order valence-electron chi connectivity index (χ2n) is 5.51. The van der Waals surface area contributed by atoms with Gasteiger partial charge >= 0.3 is 0 Å². The number of nitrogen functional groups attached to an aromatic ring is 1. The van der Waals surface area contributed by atoms with Gasteiger partial charge in [0.2, 0.25) is 0 Å². The van der Waals surface area contributed by atoms with Gasteiger partial charge < -0.3 is 5.73 Å². The maximum atomic E-state index is 11.6. The molecule has 2 heterocycles. The number of hydrogen-bond acceptors (Lipinski definition) is 4. The average molecular weight is 305 g/mol. The fraction of sp³-hybridized carbons (Fsp3) is 0.400. The third-order valence-corrected chi connectivity index (χ3v) is 5.73. The second kappa shape index (κ2) is 5.18. The molecule has 1 unspecified atom stereocenters. The van der Waals surface area contributed by atoms with Crippen LogP contribution >= 0.6 is 0 Å². The summed E-state index contributed by atoms with van der Waals surface area (Å²) in [5, 5.41) is 4.51. The molecule has 0 bridgehead atoms. The predicted octanol–water partition coefficient (Wildman–Crippen LogP) is 2.05. The lowest BCUT2D eigenvalue weighted by atomic mass is 10.1. The Balaban J connectivity index is 1.90. The van der Waals surface area contributed by atoms with E-state index in [1.54, 1.807) is 4.68 Å². The summed E-state index contributed by atoms with van der Waals surface area (Å²) < 4.78 is 24.8. The van der Waals surface area contributed by atoms with Gasteiger partial charge in [-0.2, -0.15) is 5.10 Å². The fourth-order valence-electron chi connectivity index (χ4n) is 2.72. The van der Waals surface area contributed by atoms with Crippen molar-refractivity contribution < 1.29 is 8.42 Å². The maximum Gasteiger partial charge on any atom is 0.152 e. The van der Waals surface area contributed by atoms with Gasteiger partial charge in [-0.25, -0.2) is 13.1 Å². The minimum atomic E-state index is -2.94. The Morgan fingerprint density at radius 2 is 2.05 bits per heavy atom. The molecule has 1 aliphatic heterocycles. The summed E-state index contributed by atoms with van der Waals surface area (Å²) in [6, 6.07) is 9.87. The lowest BCUT2D eigenvalue weighted by Gasteiger charge is -2.10. The zero-order valence-electron chi connectivity index (χ0n) is 12.0.